The molecule has 8 heteroatoms. The molecule has 1 saturated heterocycles. The Hall–Kier alpha value is -2.09. The molecule has 2 aromatic rings. The quantitative estimate of drug-likeness (QED) is 0.771. The van der Waals surface area contributed by atoms with Crippen molar-refractivity contribution in [2.75, 3.05) is 18.1 Å². The summed E-state index contributed by atoms with van der Waals surface area (Å²) in [6, 6.07) is 6.82. The number of aryl methyl sites for hydroxylation is 1. The number of carbonyl (C=O) groups is 1. The third-order valence-electron chi connectivity index (χ3n) is 4.56. The van der Waals surface area contributed by atoms with Gasteiger partial charge in [0.05, 0.1) is 17.0 Å². The van der Waals surface area contributed by atoms with E-state index in [4.69, 9.17) is 4.42 Å². The Bertz CT molecular complexity index is 928. The van der Waals surface area contributed by atoms with Gasteiger partial charge in [-0.2, -0.15) is 0 Å². The standard InChI is InChI=1S/C17H22N2O5S/c1-2-9-18(13-8-11-25(22,23)12-13)16(20)7-10-19-14-5-3-4-6-15(14)24-17(19)21/h3-6,13H,2,7-12H2,1H3. The van der Waals surface area contributed by atoms with Gasteiger partial charge in [0, 0.05) is 25.6 Å². The summed E-state index contributed by atoms with van der Waals surface area (Å²) in [7, 11) is -3.05. The highest BCUT2D eigenvalue weighted by Crippen LogP contribution is 2.19. The predicted octanol–water partition coefficient (Wildman–Crippen LogP) is 1.41. The van der Waals surface area contributed by atoms with E-state index in [0.29, 0.717) is 24.1 Å². The number of rotatable bonds is 6. The molecule has 7 nitrogen and oxygen atoms in total. The highest BCUT2D eigenvalue weighted by atomic mass is 32.2. The van der Waals surface area contributed by atoms with Crippen LogP contribution in [0.2, 0.25) is 0 Å². The van der Waals surface area contributed by atoms with E-state index >= 15 is 0 Å². The first-order chi connectivity index (χ1) is 11.9. The molecule has 25 heavy (non-hydrogen) atoms. The van der Waals surface area contributed by atoms with E-state index in [1.165, 1.54) is 4.57 Å². The molecule has 1 unspecified atom stereocenters. The number of hydrogen-bond acceptors (Lipinski definition) is 5. The molecule has 0 saturated carbocycles. The first-order valence-electron chi connectivity index (χ1n) is 8.49. The summed E-state index contributed by atoms with van der Waals surface area (Å²) in [6.07, 6.45) is 1.39. The lowest BCUT2D eigenvalue weighted by molar-refractivity contribution is -0.133. The van der Waals surface area contributed by atoms with Crippen LogP contribution in [0.1, 0.15) is 26.2 Å². The summed E-state index contributed by atoms with van der Waals surface area (Å²) in [5, 5.41) is 0. The molecule has 0 aliphatic carbocycles. The lowest BCUT2D eigenvalue weighted by Crippen LogP contribution is -2.42. The van der Waals surface area contributed by atoms with Crippen molar-refractivity contribution in [1.29, 1.82) is 0 Å². The second kappa shape index (κ2) is 7.03. The van der Waals surface area contributed by atoms with Crippen molar-refractivity contribution in [3.8, 4) is 0 Å². The smallest absolute Gasteiger partial charge is 0.408 e. The lowest BCUT2D eigenvalue weighted by atomic mass is 10.2. The predicted molar refractivity (Wildman–Crippen MR) is 94.2 cm³/mol. The highest BCUT2D eigenvalue weighted by molar-refractivity contribution is 7.91. The fourth-order valence-corrected chi connectivity index (χ4v) is 5.08. The van der Waals surface area contributed by atoms with E-state index in [0.717, 1.165) is 6.42 Å². The maximum absolute atomic E-state index is 12.7. The van der Waals surface area contributed by atoms with Gasteiger partial charge in [0.15, 0.2) is 15.4 Å². The van der Waals surface area contributed by atoms with Crippen molar-refractivity contribution in [2.24, 2.45) is 0 Å². The van der Waals surface area contributed by atoms with Gasteiger partial charge in [-0.25, -0.2) is 13.2 Å². The van der Waals surface area contributed by atoms with Crippen molar-refractivity contribution in [1.82, 2.24) is 9.47 Å². The molecule has 1 atom stereocenters. The van der Waals surface area contributed by atoms with Crippen molar-refractivity contribution < 1.29 is 17.6 Å². The average molecular weight is 366 g/mol. The van der Waals surface area contributed by atoms with Gasteiger partial charge >= 0.3 is 5.76 Å². The summed E-state index contributed by atoms with van der Waals surface area (Å²) in [5.74, 6) is -0.440. The number of carbonyl (C=O) groups excluding carboxylic acids is 1. The van der Waals surface area contributed by atoms with E-state index in [1.807, 2.05) is 13.0 Å². The Morgan fingerprint density at radius 3 is 2.80 bits per heavy atom. The van der Waals surface area contributed by atoms with Crippen LogP contribution in [-0.2, 0) is 21.2 Å². The van der Waals surface area contributed by atoms with Crippen molar-refractivity contribution in [3.63, 3.8) is 0 Å². The molecule has 1 fully saturated rings. The number of amides is 1. The van der Waals surface area contributed by atoms with Crippen LogP contribution in [0.15, 0.2) is 33.5 Å². The van der Waals surface area contributed by atoms with Gasteiger partial charge in [0.2, 0.25) is 5.91 Å². The first kappa shape index (κ1) is 17.7. The molecule has 1 aliphatic rings. The van der Waals surface area contributed by atoms with Crippen LogP contribution in [0.4, 0.5) is 0 Å². The Morgan fingerprint density at radius 2 is 2.12 bits per heavy atom. The number of oxazole rings is 1. The van der Waals surface area contributed by atoms with Crippen LogP contribution in [-0.4, -0.2) is 47.9 Å². The summed E-state index contributed by atoms with van der Waals surface area (Å²) in [4.78, 5) is 26.3. The minimum atomic E-state index is -3.05. The summed E-state index contributed by atoms with van der Waals surface area (Å²) < 4.78 is 30.0. The van der Waals surface area contributed by atoms with E-state index in [1.54, 1.807) is 23.1 Å². The zero-order chi connectivity index (χ0) is 18.0. The molecule has 3 rings (SSSR count). The first-order valence-corrected chi connectivity index (χ1v) is 10.3. The Labute approximate surface area is 146 Å². The maximum atomic E-state index is 12.7. The number of sulfone groups is 1. The third-order valence-corrected chi connectivity index (χ3v) is 6.31. The fraction of sp³-hybridized carbons (Fsp3) is 0.529. The van der Waals surface area contributed by atoms with E-state index < -0.39 is 15.6 Å². The van der Waals surface area contributed by atoms with Gasteiger partial charge in [-0.1, -0.05) is 19.1 Å². The zero-order valence-electron chi connectivity index (χ0n) is 14.2. The van der Waals surface area contributed by atoms with E-state index in [2.05, 4.69) is 0 Å². The van der Waals surface area contributed by atoms with Gasteiger partial charge in [-0.05, 0) is 25.0 Å². The van der Waals surface area contributed by atoms with Crippen LogP contribution in [0.25, 0.3) is 11.1 Å². The normalized spacial score (nSPS) is 19.3. The molecular formula is C17H22N2O5S. The summed E-state index contributed by atoms with van der Waals surface area (Å²) in [6.45, 7) is 2.70. The minimum Gasteiger partial charge on any atom is -0.408 e. The molecular weight excluding hydrogens is 344 g/mol. The van der Waals surface area contributed by atoms with Gasteiger partial charge in [-0.15, -0.1) is 0 Å². The molecule has 1 aromatic heterocycles. The Balaban J connectivity index is 1.73. The molecule has 0 spiro atoms. The monoisotopic (exact) mass is 366 g/mol. The van der Waals surface area contributed by atoms with Gasteiger partial charge in [0.25, 0.3) is 0 Å². The fourth-order valence-electron chi connectivity index (χ4n) is 3.35. The number of benzene rings is 1. The molecule has 1 amide bonds. The second-order valence-corrected chi connectivity index (χ2v) is 8.61. The van der Waals surface area contributed by atoms with Crippen LogP contribution >= 0.6 is 0 Å². The molecule has 0 bridgehead atoms. The molecule has 0 N–H and O–H groups in total. The minimum absolute atomic E-state index is 0.0350. The van der Waals surface area contributed by atoms with E-state index in [9.17, 15) is 18.0 Å². The molecule has 136 valence electrons. The number of nitrogens with zero attached hydrogens (tertiary/aromatic N) is 2. The van der Waals surface area contributed by atoms with Gasteiger partial charge < -0.3 is 9.32 Å². The highest BCUT2D eigenvalue weighted by Gasteiger charge is 2.34. The molecule has 1 aromatic carbocycles. The summed E-state index contributed by atoms with van der Waals surface area (Å²) in [5.41, 5.74) is 1.15. The zero-order valence-corrected chi connectivity index (χ0v) is 15.0. The van der Waals surface area contributed by atoms with Crippen LogP contribution in [0.5, 0.6) is 0 Å². The van der Waals surface area contributed by atoms with Crippen molar-refractivity contribution in [2.45, 2.75) is 38.8 Å². The third kappa shape index (κ3) is 3.78. The average Bonchev–Trinajstić information content (AvgIpc) is 3.09. The Morgan fingerprint density at radius 1 is 1.36 bits per heavy atom. The maximum Gasteiger partial charge on any atom is 0.419 e. The van der Waals surface area contributed by atoms with Crippen LogP contribution < -0.4 is 5.76 Å². The lowest BCUT2D eigenvalue weighted by Gasteiger charge is -2.28. The largest absolute Gasteiger partial charge is 0.419 e. The number of aromatic nitrogens is 1. The van der Waals surface area contributed by atoms with Crippen molar-refractivity contribution in [3.05, 3.63) is 34.8 Å². The molecule has 0 radical (unpaired) electrons. The van der Waals surface area contributed by atoms with Crippen LogP contribution in [0, 0.1) is 0 Å². The number of hydrogen-bond donors (Lipinski definition) is 0. The SMILES string of the molecule is CCCN(C(=O)CCn1c(=O)oc2ccccc21)C1CCS(=O)(=O)C1. The van der Waals surface area contributed by atoms with Gasteiger partial charge in [0.1, 0.15) is 0 Å². The molecule has 1 aliphatic heterocycles. The molecule has 2 heterocycles. The number of fused-ring (bicyclic) bond motifs is 1. The van der Waals surface area contributed by atoms with Crippen LogP contribution in [0.3, 0.4) is 0 Å². The number of para-hydroxylation sites is 2. The van der Waals surface area contributed by atoms with Gasteiger partial charge in [-0.3, -0.25) is 9.36 Å². The van der Waals surface area contributed by atoms with Crippen molar-refractivity contribution >= 4 is 26.8 Å². The second-order valence-electron chi connectivity index (χ2n) is 6.38. The Kier molecular flexibility index (Phi) is 4.99. The summed E-state index contributed by atoms with van der Waals surface area (Å²) >= 11 is 0. The topological polar surface area (TPSA) is 89.6 Å². The van der Waals surface area contributed by atoms with E-state index in [-0.39, 0.29) is 36.4 Å².